The summed E-state index contributed by atoms with van der Waals surface area (Å²) in [5.41, 5.74) is 1.79. The van der Waals surface area contributed by atoms with Crippen LogP contribution in [0.2, 0.25) is 0 Å². The van der Waals surface area contributed by atoms with Crippen LogP contribution in [0.25, 0.3) is 20.2 Å². The van der Waals surface area contributed by atoms with Crippen LogP contribution in [0.15, 0.2) is 59.4 Å². The largest absolute Gasteiger partial charge is 0.368 e. The Morgan fingerprint density at radius 1 is 1.03 bits per heavy atom. The number of hydrogen-bond acceptors (Lipinski definition) is 5. The summed E-state index contributed by atoms with van der Waals surface area (Å²) in [5, 5.41) is 6.22. The van der Waals surface area contributed by atoms with Crippen LogP contribution in [-0.2, 0) is 4.79 Å². The number of aromatic nitrogens is 2. The molecule has 1 aliphatic heterocycles. The first-order valence-electron chi connectivity index (χ1n) is 11.1. The van der Waals surface area contributed by atoms with E-state index in [-0.39, 0.29) is 11.5 Å². The van der Waals surface area contributed by atoms with Crippen molar-refractivity contribution in [3.8, 4) is 0 Å². The lowest BCUT2D eigenvalue weighted by atomic mass is 10.1. The predicted molar refractivity (Wildman–Crippen MR) is 131 cm³/mol. The van der Waals surface area contributed by atoms with Gasteiger partial charge in [-0.05, 0) is 31.5 Å². The molecular formula is C25H26N4O2S. The molecule has 0 saturated carbocycles. The summed E-state index contributed by atoms with van der Waals surface area (Å²) in [7, 11) is 0. The number of carbonyl (C=O) groups is 1. The SMILES string of the molecule is CC[C@@H](C(=O)N1CCN(c2ccccc2)CC1)n1nc(C)c2sc3ccccc3c2c1=O. The van der Waals surface area contributed by atoms with Crippen molar-refractivity contribution in [2.24, 2.45) is 0 Å². The zero-order chi connectivity index (χ0) is 22.2. The lowest BCUT2D eigenvalue weighted by molar-refractivity contribution is -0.135. The van der Waals surface area contributed by atoms with Gasteiger partial charge in [-0.1, -0.05) is 43.3 Å². The Morgan fingerprint density at radius 2 is 1.72 bits per heavy atom. The molecule has 0 bridgehead atoms. The van der Waals surface area contributed by atoms with Crippen LogP contribution < -0.4 is 10.5 Å². The van der Waals surface area contributed by atoms with Crippen LogP contribution in [-0.4, -0.2) is 46.8 Å². The molecule has 0 spiro atoms. The molecule has 0 radical (unpaired) electrons. The first-order chi connectivity index (χ1) is 15.6. The summed E-state index contributed by atoms with van der Waals surface area (Å²) < 4.78 is 3.41. The second-order valence-corrected chi connectivity index (χ2v) is 9.26. The van der Waals surface area contributed by atoms with Gasteiger partial charge in [-0.15, -0.1) is 11.3 Å². The highest BCUT2D eigenvalue weighted by Gasteiger charge is 2.30. The molecule has 2 aromatic heterocycles. The van der Waals surface area contributed by atoms with Gasteiger partial charge in [-0.2, -0.15) is 5.10 Å². The zero-order valence-corrected chi connectivity index (χ0v) is 19.1. The Morgan fingerprint density at radius 3 is 2.44 bits per heavy atom. The third-order valence-electron chi connectivity index (χ3n) is 6.28. The smallest absolute Gasteiger partial charge is 0.276 e. The van der Waals surface area contributed by atoms with Gasteiger partial charge in [0.2, 0.25) is 5.91 Å². The van der Waals surface area contributed by atoms with E-state index in [0.29, 0.717) is 24.9 Å². The molecule has 5 rings (SSSR count). The van der Waals surface area contributed by atoms with E-state index >= 15 is 0 Å². The zero-order valence-electron chi connectivity index (χ0n) is 18.3. The van der Waals surface area contributed by atoms with E-state index in [1.54, 1.807) is 11.3 Å². The molecule has 1 atom stereocenters. The molecule has 0 aliphatic carbocycles. The number of carbonyl (C=O) groups excluding carboxylic acids is 1. The van der Waals surface area contributed by atoms with E-state index in [2.05, 4.69) is 22.1 Å². The second kappa shape index (κ2) is 8.39. The van der Waals surface area contributed by atoms with Gasteiger partial charge in [0.25, 0.3) is 5.56 Å². The molecular weight excluding hydrogens is 420 g/mol. The summed E-state index contributed by atoms with van der Waals surface area (Å²) in [6.07, 6.45) is 0.525. The highest BCUT2D eigenvalue weighted by atomic mass is 32.1. The fourth-order valence-corrected chi connectivity index (χ4v) is 5.71. The first-order valence-corrected chi connectivity index (χ1v) is 11.9. The molecule has 1 aliphatic rings. The van der Waals surface area contributed by atoms with Crippen molar-refractivity contribution in [1.82, 2.24) is 14.7 Å². The minimum Gasteiger partial charge on any atom is -0.368 e. The highest BCUT2D eigenvalue weighted by Crippen LogP contribution is 2.33. The molecule has 164 valence electrons. The molecule has 2 aromatic carbocycles. The maximum Gasteiger partial charge on any atom is 0.276 e. The van der Waals surface area contributed by atoms with Gasteiger partial charge in [-0.25, -0.2) is 4.68 Å². The number of thiophene rings is 1. The van der Waals surface area contributed by atoms with E-state index in [9.17, 15) is 9.59 Å². The lowest BCUT2D eigenvalue weighted by Crippen LogP contribution is -2.51. The maximum atomic E-state index is 13.5. The average Bonchev–Trinajstić information content (AvgIpc) is 3.24. The molecule has 1 saturated heterocycles. The molecule has 1 amide bonds. The van der Waals surface area contributed by atoms with Crippen LogP contribution in [0.5, 0.6) is 0 Å². The molecule has 0 unspecified atom stereocenters. The van der Waals surface area contributed by atoms with Crippen LogP contribution in [0.3, 0.4) is 0 Å². The quantitative estimate of drug-likeness (QED) is 0.471. The van der Waals surface area contributed by atoms with E-state index in [4.69, 9.17) is 0 Å². The van der Waals surface area contributed by atoms with Gasteiger partial charge in [0.05, 0.1) is 15.8 Å². The van der Waals surface area contributed by atoms with Crippen molar-refractivity contribution in [2.45, 2.75) is 26.3 Å². The Kier molecular flexibility index (Phi) is 5.43. The minimum absolute atomic E-state index is 0.0203. The van der Waals surface area contributed by atoms with E-state index in [1.807, 2.05) is 61.2 Å². The Bertz CT molecular complexity index is 1340. The summed E-state index contributed by atoms with van der Waals surface area (Å²) in [6, 6.07) is 17.6. The second-order valence-electron chi connectivity index (χ2n) is 8.21. The number of amides is 1. The van der Waals surface area contributed by atoms with Crippen molar-refractivity contribution in [3.63, 3.8) is 0 Å². The number of hydrogen-bond donors (Lipinski definition) is 0. The van der Waals surface area contributed by atoms with Crippen LogP contribution in [0.4, 0.5) is 5.69 Å². The molecule has 3 heterocycles. The maximum absolute atomic E-state index is 13.5. The van der Waals surface area contributed by atoms with Crippen LogP contribution >= 0.6 is 11.3 Å². The molecule has 1 fully saturated rings. The fraction of sp³-hybridized carbons (Fsp3) is 0.320. The van der Waals surface area contributed by atoms with Crippen LogP contribution in [0.1, 0.15) is 25.1 Å². The lowest BCUT2D eigenvalue weighted by Gasteiger charge is -2.37. The number of piperazine rings is 1. The van der Waals surface area contributed by atoms with Gasteiger partial charge >= 0.3 is 0 Å². The number of anilines is 1. The Labute approximate surface area is 190 Å². The van der Waals surface area contributed by atoms with Gasteiger partial charge in [-0.3, -0.25) is 9.59 Å². The normalized spacial score (nSPS) is 15.4. The first kappa shape index (κ1) is 20.7. The topological polar surface area (TPSA) is 58.4 Å². The van der Waals surface area contributed by atoms with Gasteiger partial charge in [0, 0.05) is 42.0 Å². The van der Waals surface area contributed by atoms with Crippen molar-refractivity contribution in [2.75, 3.05) is 31.1 Å². The molecule has 0 N–H and O–H groups in total. The minimum atomic E-state index is -0.590. The van der Waals surface area contributed by atoms with E-state index < -0.39 is 6.04 Å². The van der Waals surface area contributed by atoms with E-state index in [0.717, 1.165) is 33.6 Å². The Balaban J connectivity index is 1.45. The van der Waals surface area contributed by atoms with Crippen molar-refractivity contribution >= 4 is 43.1 Å². The average molecular weight is 447 g/mol. The highest BCUT2D eigenvalue weighted by molar-refractivity contribution is 7.26. The Hall–Kier alpha value is -3.19. The molecule has 7 heteroatoms. The summed E-state index contributed by atoms with van der Waals surface area (Å²) in [6.45, 7) is 6.71. The number of nitrogens with zero attached hydrogens (tertiary/aromatic N) is 4. The summed E-state index contributed by atoms with van der Waals surface area (Å²) in [5.74, 6) is -0.0203. The third-order valence-corrected chi connectivity index (χ3v) is 7.56. The molecule has 6 nitrogen and oxygen atoms in total. The van der Waals surface area contributed by atoms with E-state index in [1.165, 1.54) is 10.4 Å². The van der Waals surface area contributed by atoms with Crippen molar-refractivity contribution < 1.29 is 4.79 Å². The molecule has 4 aromatic rings. The molecule has 32 heavy (non-hydrogen) atoms. The van der Waals surface area contributed by atoms with Gasteiger partial charge < -0.3 is 9.80 Å². The van der Waals surface area contributed by atoms with Crippen LogP contribution in [0, 0.1) is 6.92 Å². The number of rotatable bonds is 4. The number of fused-ring (bicyclic) bond motifs is 3. The van der Waals surface area contributed by atoms with Gasteiger partial charge in [0.1, 0.15) is 6.04 Å². The summed E-state index contributed by atoms with van der Waals surface area (Å²) >= 11 is 1.59. The van der Waals surface area contributed by atoms with Crippen molar-refractivity contribution in [1.29, 1.82) is 0 Å². The van der Waals surface area contributed by atoms with Gasteiger partial charge in [0.15, 0.2) is 0 Å². The fourth-order valence-electron chi connectivity index (χ4n) is 4.58. The number of aryl methyl sites for hydroxylation is 1. The standard InChI is InChI=1S/C25H26N4O2S/c1-3-20(24(30)28-15-13-27(14-16-28)18-9-5-4-6-10-18)29-25(31)22-19-11-7-8-12-21(19)32-23(22)17(2)26-29/h4-12,20H,3,13-16H2,1-2H3/t20-/m0/s1. The number of benzene rings is 2. The monoisotopic (exact) mass is 446 g/mol. The van der Waals surface area contributed by atoms with Crippen molar-refractivity contribution in [3.05, 3.63) is 70.6 Å². The predicted octanol–water partition coefficient (Wildman–Crippen LogP) is 4.22. The summed E-state index contributed by atoms with van der Waals surface area (Å²) in [4.78, 5) is 31.2. The number of para-hydroxylation sites is 1. The third kappa shape index (κ3) is 3.46.